The molecule has 7 heteroatoms. The lowest BCUT2D eigenvalue weighted by Crippen LogP contribution is -2.36. The fourth-order valence-corrected chi connectivity index (χ4v) is 1.79. The summed E-state index contributed by atoms with van der Waals surface area (Å²) in [6, 6.07) is 1.79. The van der Waals surface area contributed by atoms with E-state index >= 15 is 0 Å². The van der Waals surface area contributed by atoms with Crippen LogP contribution in [0.3, 0.4) is 0 Å². The quantitative estimate of drug-likeness (QED) is 0.869. The van der Waals surface area contributed by atoms with Crippen LogP contribution in [-0.2, 0) is 21.0 Å². The lowest BCUT2D eigenvalue weighted by Gasteiger charge is -2.19. The molecule has 0 fully saturated rings. The van der Waals surface area contributed by atoms with Crippen molar-refractivity contribution >= 4 is 17.6 Å². The average molecular weight is 266 g/mol. The van der Waals surface area contributed by atoms with E-state index in [0.29, 0.717) is 6.54 Å². The number of hydrogen-bond donors (Lipinski definition) is 1. The highest BCUT2D eigenvalue weighted by Crippen LogP contribution is 2.16. The molecule has 102 valence electrons. The summed E-state index contributed by atoms with van der Waals surface area (Å²) >= 11 is 0. The Labute approximate surface area is 109 Å². The third-order valence-electron chi connectivity index (χ3n) is 2.94. The Morgan fingerprint density at radius 1 is 1.58 bits per heavy atom. The molecule has 0 bridgehead atoms. The number of carboxylic acid groups (broad SMARTS) is 1. The number of furan rings is 1. The highest BCUT2D eigenvalue weighted by Gasteiger charge is 2.33. The van der Waals surface area contributed by atoms with Gasteiger partial charge in [0.15, 0.2) is 5.71 Å². The topological polar surface area (TPSA) is 92.3 Å². The number of hydrogen-bond acceptors (Lipinski definition) is 5. The van der Waals surface area contributed by atoms with Gasteiger partial charge in [0.25, 0.3) is 5.91 Å². The monoisotopic (exact) mass is 266 g/mol. The van der Waals surface area contributed by atoms with Gasteiger partial charge in [0, 0.05) is 25.6 Å². The Morgan fingerprint density at radius 3 is 2.84 bits per heavy atom. The van der Waals surface area contributed by atoms with E-state index in [-0.39, 0.29) is 18.0 Å². The molecule has 2 heterocycles. The summed E-state index contributed by atoms with van der Waals surface area (Å²) in [5, 5.41) is 12.1. The number of rotatable bonds is 4. The van der Waals surface area contributed by atoms with Crippen LogP contribution in [0.25, 0.3) is 0 Å². The van der Waals surface area contributed by atoms with Crippen molar-refractivity contribution in [2.75, 3.05) is 7.05 Å². The molecule has 1 aliphatic heterocycles. The summed E-state index contributed by atoms with van der Waals surface area (Å²) in [4.78, 5) is 29.1. The Kier molecular flexibility index (Phi) is 3.55. The number of likely N-dealkylation sites (N-methyl/N-ethyl adjacent to an activating group) is 1. The van der Waals surface area contributed by atoms with Gasteiger partial charge in [0.05, 0.1) is 6.26 Å². The Hall–Kier alpha value is -2.31. The fourth-order valence-electron chi connectivity index (χ4n) is 1.79. The van der Waals surface area contributed by atoms with E-state index in [1.807, 2.05) is 6.92 Å². The molecule has 0 radical (unpaired) electrons. The van der Waals surface area contributed by atoms with Crippen molar-refractivity contribution in [3.8, 4) is 0 Å². The summed E-state index contributed by atoms with van der Waals surface area (Å²) in [5.74, 6) is -0.723. The molecule has 1 unspecified atom stereocenters. The van der Waals surface area contributed by atoms with E-state index in [1.54, 1.807) is 19.4 Å². The Balaban J connectivity index is 1.94. The maximum absolute atomic E-state index is 12.1. The normalized spacial score (nSPS) is 17.8. The minimum absolute atomic E-state index is 0.0110. The van der Waals surface area contributed by atoms with E-state index in [9.17, 15) is 9.59 Å². The Bertz CT molecular complexity index is 534. The van der Waals surface area contributed by atoms with Gasteiger partial charge < -0.3 is 19.3 Å². The number of amides is 1. The smallest absolute Gasteiger partial charge is 0.353 e. The van der Waals surface area contributed by atoms with Crippen molar-refractivity contribution in [3.05, 3.63) is 23.7 Å². The molecular weight excluding hydrogens is 252 g/mol. The SMILES string of the molecule is Cc1occc1CN(C)C(=O)C1CC(C(=O)O)=NO1. The van der Waals surface area contributed by atoms with Crippen LogP contribution in [-0.4, -0.2) is 40.7 Å². The maximum atomic E-state index is 12.1. The zero-order valence-corrected chi connectivity index (χ0v) is 10.6. The number of aryl methyl sites for hydroxylation is 1. The van der Waals surface area contributed by atoms with Crippen LogP contribution in [0.1, 0.15) is 17.7 Å². The number of aliphatic carboxylic acids is 1. The molecule has 1 atom stereocenters. The van der Waals surface area contributed by atoms with Gasteiger partial charge in [-0.2, -0.15) is 0 Å². The molecule has 7 nitrogen and oxygen atoms in total. The van der Waals surface area contributed by atoms with Gasteiger partial charge in [-0.25, -0.2) is 4.79 Å². The highest BCUT2D eigenvalue weighted by molar-refractivity contribution is 6.36. The number of oxime groups is 1. The number of carbonyl (C=O) groups is 2. The first-order chi connectivity index (χ1) is 8.99. The molecular formula is C12H14N2O5. The van der Waals surface area contributed by atoms with Crippen molar-refractivity contribution in [2.45, 2.75) is 26.0 Å². The van der Waals surface area contributed by atoms with Gasteiger partial charge in [0.1, 0.15) is 5.76 Å². The molecule has 0 aliphatic carbocycles. The average Bonchev–Trinajstić information content (AvgIpc) is 2.98. The van der Waals surface area contributed by atoms with Gasteiger partial charge >= 0.3 is 5.97 Å². The van der Waals surface area contributed by atoms with Crippen LogP contribution >= 0.6 is 0 Å². The first kappa shape index (κ1) is 13.1. The fraction of sp³-hybridized carbons (Fsp3) is 0.417. The van der Waals surface area contributed by atoms with Crippen LogP contribution in [0, 0.1) is 6.92 Å². The molecule has 0 saturated carbocycles. The van der Waals surface area contributed by atoms with Crippen LogP contribution in [0.4, 0.5) is 0 Å². The van der Waals surface area contributed by atoms with E-state index in [1.165, 1.54) is 4.90 Å². The van der Waals surface area contributed by atoms with Crippen molar-refractivity contribution < 1.29 is 24.0 Å². The van der Waals surface area contributed by atoms with Crippen LogP contribution in [0.15, 0.2) is 21.9 Å². The summed E-state index contributed by atoms with van der Waals surface area (Å²) < 4.78 is 5.15. The molecule has 0 saturated heterocycles. The van der Waals surface area contributed by atoms with Gasteiger partial charge in [-0.05, 0) is 13.0 Å². The highest BCUT2D eigenvalue weighted by atomic mass is 16.6. The number of carbonyl (C=O) groups excluding carboxylic acids is 1. The third kappa shape index (κ3) is 2.75. The largest absolute Gasteiger partial charge is 0.477 e. The van der Waals surface area contributed by atoms with Crippen LogP contribution in [0.2, 0.25) is 0 Å². The zero-order valence-electron chi connectivity index (χ0n) is 10.6. The summed E-state index contributed by atoms with van der Waals surface area (Å²) in [6.45, 7) is 2.19. The molecule has 1 aromatic heterocycles. The van der Waals surface area contributed by atoms with Gasteiger partial charge in [0.2, 0.25) is 6.10 Å². The number of nitrogens with zero attached hydrogens (tertiary/aromatic N) is 2. The second-order valence-electron chi connectivity index (χ2n) is 4.34. The van der Waals surface area contributed by atoms with E-state index in [0.717, 1.165) is 11.3 Å². The van der Waals surface area contributed by atoms with Crippen LogP contribution in [0.5, 0.6) is 0 Å². The van der Waals surface area contributed by atoms with Gasteiger partial charge in [-0.3, -0.25) is 4.79 Å². The van der Waals surface area contributed by atoms with Crippen molar-refractivity contribution in [2.24, 2.45) is 5.16 Å². The van der Waals surface area contributed by atoms with E-state index in [2.05, 4.69) is 5.16 Å². The third-order valence-corrected chi connectivity index (χ3v) is 2.94. The first-order valence-corrected chi connectivity index (χ1v) is 5.73. The lowest BCUT2D eigenvalue weighted by atomic mass is 10.1. The molecule has 0 spiro atoms. The summed E-state index contributed by atoms with van der Waals surface area (Å²) in [5.41, 5.74) is 0.763. The van der Waals surface area contributed by atoms with Crippen molar-refractivity contribution in [3.63, 3.8) is 0 Å². The molecule has 19 heavy (non-hydrogen) atoms. The van der Waals surface area contributed by atoms with Gasteiger partial charge in [-0.15, -0.1) is 0 Å². The minimum Gasteiger partial charge on any atom is -0.477 e. The maximum Gasteiger partial charge on any atom is 0.353 e. The molecule has 1 aromatic rings. The molecule has 1 N–H and O–H groups in total. The summed E-state index contributed by atoms with van der Waals surface area (Å²) in [7, 11) is 1.62. The summed E-state index contributed by atoms with van der Waals surface area (Å²) in [6.07, 6.45) is 0.687. The van der Waals surface area contributed by atoms with Crippen molar-refractivity contribution in [1.29, 1.82) is 0 Å². The number of carboxylic acids is 1. The second kappa shape index (κ2) is 5.13. The lowest BCUT2D eigenvalue weighted by molar-refractivity contribution is -0.141. The zero-order chi connectivity index (χ0) is 14.0. The van der Waals surface area contributed by atoms with E-state index < -0.39 is 12.1 Å². The minimum atomic E-state index is -1.16. The molecule has 0 aromatic carbocycles. The van der Waals surface area contributed by atoms with Gasteiger partial charge in [-0.1, -0.05) is 5.16 Å². The van der Waals surface area contributed by atoms with Crippen molar-refractivity contribution in [1.82, 2.24) is 4.90 Å². The molecule has 1 amide bonds. The Morgan fingerprint density at radius 2 is 2.32 bits per heavy atom. The predicted molar refractivity (Wildman–Crippen MR) is 64.5 cm³/mol. The van der Waals surface area contributed by atoms with Crippen LogP contribution < -0.4 is 0 Å². The van der Waals surface area contributed by atoms with E-state index in [4.69, 9.17) is 14.4 Å². The molecule has 2 rings (SSSR count). The first-order valence-electron chi connectivity index (χ1n) is 5.73. The standard InChI is InChI=1S/C12H14N2O5/c1-7-8(3-4-18-7)6-14(2)11(15)10-5-9(12(16)17)13-19-10/h3-4,10H,5-6H2,1-2H3,(H,16,17). The second-order valence-corrected chi connectivity index (χ2v) is 4.34. The predicted octanol–water partition coefficient (Wildman–Crippen LogP) is 0.776. The molecule has 1 aliphatic rings.